The van der Waals surface area contributed by atoms with Crippen LogP contribution in [0.2, 0.25) is 0 Å². The largest absolute Gasteiger partial charge is 0.465 e. The molecule has 1 heterocycles. The summed E-state index contributed by atoms with van der Waals surface area (Å²) in [6.07, 6.45) is 0.736. The van der Waals surface area contributed by atoms with Gasteiger partial charge in [-0.15, -0.1) is 0 Å². The number of nitrogens with zero attached hydrogens (tertiary/aromatic N) is 2. The van der Waals surface area contributed by atoms with Gasteiger partial charge in [-0.3, -0.25) is 9.69 Å². The maximum Gasteiger partial charge on any atom is 0.337 e. The first-order valence-corrected chi connectivity index (χ1v) is 7.30. The molecule has 0 radical (unpaired) electrons. The fraction of sp³-hybridized carbons (Fsp3) is 0.467. The number of carbonyl (C=O) groups is 2. The number of benzene rings is 1. The van der Waals surface area contributed by atoms with Crippen molar-refractivity contribution in [3.63, 3.8) is 0 Å². The van der Waals surface area contributed by atoms with Crippen molar-refractivity contribution in [3.8, 4) is 0 Å². The average molecular weight is 308 g/mol. The zero-order valence-corrected chi connectivity index (χ0v) is 13.3. The van der Waals surface area contributed by atoms with Gasteiger partial charge in [-0.05, 0) is 31.7 Å². The van der Waals surface area contributed by atoms with Crippen molar-refractivity contribution >= 4 is 30.2 Å². The Morgan fingerprint density at radius 1 is 1.43 bits per heavy atom. The molecule has 114 valence electrons. The van der Waals surface area contributed by atoms with E-state index < -0.39 is 5.97 Å². The van der Waals surface area contributed by atoms with Crippen LogP contribution in [0.1, 0.15) is 16.8 Å². The second-order valence-corrected chi connectivity index (χ2v) is 6.01. The number of hydrogen-bond donors (Lipinski definition) is 1. The van der Waals surface area contributed by atoms with E-state index >= 15 is 0 Å². The molecule has 1 amide bonds. The molecule has 1 saturated heterocycles. The number of rotatable bonds is 3. The molecule has 1 aliphatic rings. The maximum absolute atomic E-state index is 12.6. The van der Waals surface area contributed by atoms with Crippen molar-refractivity contribution in [1.29, 1.82) is 0 Å². The lowest BCUT2D eigenvalue weighted by atomic mass is 10.1. The topological polar surface area (TPSA) is 49.9 Å². The van der Waals surface area contributed by atoms with Gasteiger partial charge in [0, 0.05) is 24.5 Å². The molecule has 5 nitrogen and oxygen atoms in total. The molecule has 6 heteroatoms. The van der Waals surface area contributed by atoms with Gasteiger partial charge in [-0.1, -0.05) is 6.07 Å². The van der Waals surface area contributed by atoms with Crippen LogP contribution in [0.25, 0.3) is 0 Å². The number of ether oxygens (including phenoxy) is 1. The van der Waals surface area contributed by atoms with Crippen molar-refractivity contribution in [2.24, 2.45) is 0 Å². The Bertz CT molecular complexity index is 549. The van der Waals surface area contributed by atoms with Crippen LogP contribution in [-0.2, 0) is 9.53 Å². The number of likely N-dealkylation sites (N-methyl/N-ethyl adjacent to an activating group) is 2. The molecule has 2 rings (SSSR count). The summed E-state index contributed by atoms with van der Waals surface area (Å²) in [6.45, 7) is 0.801. The lowest BCUT2D eigenvalue weighted by Crippen LogP contribution is -2.42. The van der Waals surface area contributed by atoms with Crippen molar-refractivity contribution < 1.29 is 14.3 Å². The number of likely N-dealkylation sites (tertiary alicyclic amines) is 1. The molecular formula is C15H20N2O3S. The summed E-state index contributed by atoms with van der Waals surface area (Å²) in [7, 11) is 4.99. The minimum atomic E-state index is -0.411. The molecule has 0 aliphatic carbocycles. The number of esters is 1. The Morgan fingerprint density at radius 3 is 2.71 bits per heavy atom. The standard InChI is InChI=1S/C15H20N2O3S/c1-16-9-12(21)8-13(16)14(18)17(2)11-6-4-5-10(7-11)15(19)20-3/h4-7,12-13,21H,8-9H2,1-3H3. The number of anilines is 1. The molecule has 2 atom stereocenters. The Labute approximate surface area is 130 Å². The Kier molecular flexibility index (Phi) is 4.90. The highest BCUT2D eigenvalue weighted by molar-refractivity contribution is 7.81. The SMILES string of the molecule is COC(=O)c1cccc(N(C)C(=O)C2CC(S)CN2C)c1. The lowest BCUT2D eigenvalue weighted by Gasteiger charge is -2.25. The summed E-state index contributed by atoms with van der Waals surface area (Å²) in [5.41, 5.74) is 1.11. The van der Waals surface area contributed by atoms with Gasteiger partial charge < -0.3 is 9.64 Å². The van der Waals surface area contributed by atoms with Gasteiger partial charge in [-0.2, -0.15) is 12.6 Å². The van der Waals surface area contributed by atoms with E-state index in [9.17, 15) is 9.59 Å². The molecule has 1 aromatic rings. The van der Waals surface area contributed by atoms with Crippen LogP contribution in [0.15, 0.2) is 24.3 Å². The summed E-state index contributed by atoms with van der Waals surface area (Å²) in [5, 5.41) is 0.221. The molecule has 0 bridgehead atoms. The van der Waals surface area contributed by atoms with Gasteiger partial charge >= 0.3 is 5.97 Å². The second-order valence-electron chi connectivity index (χ2n) is 5.28. The van der Waals surface area contributed by atoms with E-state index in [0.29, 0.717) is 11.3 Å². The first kappa shape index (κ1) is 15.9. The van der Waals surface area contributed by atoms with Crippen LogP contribution in [-0.4, -0.2) is 55.8 Å². The van der Waals surface area contributed by atoms with E-state index in [-0.39, 0.29) is 17.2 Å². The third-order valence-corrected chi connectivity index (χ3v) is 4.17. The van der Waals surface area contributed by atoms with Gasteiger partial charge in [0.1, 0.15) is 0 Å². The van der Waals surface area contributed by atoms with Crippen LogP contribution < -0.4 is 4.90 Å². The van der Waals surface area contributed by atoms with E-state index in [1.807, 2.05) is 11.9 Å². The number of methoxy groups -OCH3 is 1. The number of amides is 1. The first-order valence-electron chi connectivity index (χ1n) is 6.78. The van der Waals surface area contributed by atoms with Gasteiger partial charge in [-0.25, -0.2) is 4.79 Å². The average Bonchev–Trinajstić information content (AvgIpc) is 2.83. The van der Waals surface area contributed by atoms with Crippen molar-refractivity contribution in [2.75, 3.05) is 32.6 Å². The molecule has 2 unspecified atom stereocenters. The van der Waals surface area contributed by atoms with E-state index in [1.54, 1.807) is 36.2 Å². The quantitative estimate of drug-likeness (QED) is 0.678. The summed E-state index contributed by atoms with van der Waals surface area (Å²) < 4.78 is 4.70. The van der Waals surface area contributed by atoms with Gasteiger partial charge in [0.2, 0.25) is 5.91 Å². The van der Waals surface area contributed by atoms with Crippen LogP contribution in [0, 0.1) is 0 Å². The molecule has 1 aliphatic heterocycles. The van der Waals surface area contributed by atoms with Gasteiger partial charge in [0.25, 0.3) is 0 Å². The molecule has 0 N–H and O–H groups in total. The first-order chi connectivity index (χ1) is 9.93. The van der Waals surface area contributed by atoms with Crippen molar-refractivity contribution in [3.05, 3.63) is 29.8 Å². The molecule has 21 heavy (non-hydrogen) atoms. The molecular weight excluding hydrogens is 288 g/mol. The summed E-state index contributed by atoms with van der Waals surface area (Å²) in [6, 6.07) is 6.71. The highest BCUT2D eigenvalue weighted by atomic mass is 32.1. The Hall–Kier alpha value is -1.53. The van der Waals surface area contributed by atoms with E-state index in [0.717, 1.165) is 13.0 Å². The summed E-state index contributed by atoms with van der Waals surface area (Å²) >= 11 is 4.44. The second kappa shape index (κ2) is 6.49. The minimum absolute atomic E-state index is 0.0102. The smallest absolute Gasteiger partial charge is 0.337 e. The minimum Gasteiger partial charge on any atom is -0.465 e. The third kappa shape index (κ3) is 3.39. The van der Waals surface area contributed by atoms with Crippen LogP contribution in [0.4, 0.5) is 5.69 Å². The molecule has 1 fully saturated rings. The Morgan fingerprint density at radius 2 is 2.14 bits per heavy atom. The normalized spacial score (nSPS) is 22.1. The molecule has 0 saturated carbocycles. The van der Waals surface area contributed by atoms with E-state index in [4.69, 9.17) is 4.74 Å². The zero-order valence-electron chi connectivity index (χ0n) is 12.4. The summed E-state index contributed by atoms with van der Waals surface area (Å²) in [5.74, 6) is -0.401. The third-order valence-electron chi connectivity index (χ3n) is 3.80. The molecule has 0 aromatic heterocycles. The Balaban J connectivity index is 2.18. The maximum atomic E-state index is 12.6. The number of thiol groups is 1. The number of hydrogen-bond acceptors (Lipinski definition) is 5. The van der Waals surface area contributed by atoms with Gasteiger partial charge in [0.15, 0.2) is 0 Å². The van der Waals surface area contributed by atoms with Crippen LogP contribution >= 0.6 is 12.6 Å². The monoisotopic (exact) mass is 308 g/mol. The van der Waals surface area contributed by atoms with Crippen molar-refractivity contribution in [1.82, 2.24) is 4.90 Å². The van der Waals surface area contributed by atoms with E-state index in [2.05, 4.69) is 12.6 Å². The van der Waals surface area contributed by atoms with Crippen LogP contribution in [0.5, 0.6) is 0 Å². The highest BCUT2D eigenvalue weighted by Gasteiger charge is 2.34. The van der Waals surface area contributed by atoms with Crippen molar-refractivity contribution in [2.45, 2.75) is 17.7 Å². The highest BCUT2D eigenvalue weighted by Crippen LogP contribution is 2.24. The van der Waals surface area contributed by atoms with Gasteiger partial charge in [0.05, 0.1) is 18.7 Å². The fourth-order valence-corrected chi connectivity index (χ4v) is 3.03. The molecule has 0 spiro atoms. The van der Waals surface area contributed by atoms with E-state index in [1.165, 1.54) is 7.11 Å². The lowest BCUT2D eigenvalue weighted by molar-refractivity contribution is -0.122. The van der Waals surface area contributed by atoms with Crippen LogP contribution in [0.3, 0.4) is 0 Å². The number of carbonyl (C=O) groups excluding carboxylic acids is 2. The molecule has 1 aromatic carbocycles. The summed E-state index contributed by atoms with van der Waals surface area (Å²) in [4.78, 5) is 27.7. The predicted molar refractivity (Wildman–Crippen MR) is 85.0 cm³/mol. The predicted octanol–water partition coefficient (Wildman–Crippen LogP) is 1.44. The fourth-order valence-electron chi connectivity index (χ4n) is 2.57. The zero-order chi connectivity index (χ0) is 15.6.